The van der Waals surface area contributed by atoms with E-state index < -0.39 is 42.6 Å². The molecule has 10 heteroatoms. The molecule has 3 aromatic rings. The van der Waals surface area contributed by atoms with Crippen LogP contribution in [0.4, 0.5) is 0 Å². The molecule has 9 nitrogen and oxygen atoms in total. The van der Waals surface area contributed by atoms with Crippen LogP contribution in [-0.4, -0.2) is 64.5 Å². The SMILES string of the molecule is CO[C@@H]1O[C@@H](C)[C@@H](OC(=O)c2ccccc2)[C@@H](OC(=S)n2ccnc2)[C@@H]1OC(=O)c1ccccc1. The van der Waals surface area contributed by atoms with Gasteiger partial charge in [-0.2, -0.15) is 0 Å². The highest BCUT2D eigenvalue weighted by atomic mass is 32.1. The molecule has 0 N–H and O–H groups in total. The molecule has 0 spiro atoms. The summed E-state index contributed by atoms with van der Waals surface area (Å²) in [7, 11) is 1.42. The van der Waals surface area contributed by atoms with Gasteiger partial charge in [0.05, 0.1) is 17.2 Å². The van der Waals surface area contributed by atoms with E-state index in [0.717, 1.165) is 0 Å². The molecule has 2 heterocycles. The average Bonchev–Trinajstić information content (AvgIpc) is 3.43. The van der Waals surface area contributed by atoms with E-state index in [1.165, 1.54) is 18.0 Å². The van der Waals surface area contributed by atoms with Gasteiger partial charge in [0.25, 0.3) is 5.17 Å². The zero-order chi connectivity index (χ0) is 24.8. The smallest absolute Gasteiger partial charge is 0.338 e. The van der Waals surface area contributed by atoms with E-state index in [9.17, 15) is 9.59 Å². The lowest BCUT2D eigenvalue weighted by Crippen LogP contribution is -2.61. The highest BCUT2D eigenvalue weighted by Crippen LogP contribution is 2.30. The summed E-state index contributed by atoms with van der Waals surface area (Å²) in [5.41, 5.74) is 0.678. The summed E-state index contributed by atoms with van der Waals surface area (Å²) >= 11 is 5.43. The normalized spacial score (nSPS) is 23.8. The molecule has 5 atom stereocenters. The van der Waals surface area contributed by atoms with E-state index in [1.807, 2.05) is 0 Å². The Kier molecular flexibility index (Phi) is 7.86. The summed E-state index contributed by atoms with van der Waals surface area (Å²) in [5.74, 6) is -1.21. The van der Waals surface area contributed by atoms with Crippen LogP contribution in [0.5, 0.6) is 0 Å². The topological polar surface area (TPSA) is 98.1 Å². The van der Waals surface area contributed by atoms with Crippen LogP contribution in [0, 0.1) is 0 Å². The van der Waals surface area contributed by atoms with Gasteiger partial charge in [-0.05, 0) is 43.4 Å². The van der Waals surface area contributed by atoms with E-state index in [-0.39, 0.29) is 5.17 Å². The molecule has 0 aliphatic carbocycles. The van der Waals surface area contributed by atoms with Gasteiger partial charge in [0.15, 0.2) is 24.6 Å². The van der Waals surface area contributed by atoms with Crippen molar-refractivity contribution in [3.05, 3.63) is 90.5 Å². The summed E-state index contributed by atoms with van der Waals surface area (Å²) in [5, 5.41) is 0.0259. The number of esters is 2. The zero-order valence-electron chi connectivity index (χ0n) is 19.1. The predicted octanol–water partition coefficient (Wildman–Crippen LogP) is 3.24. The first-order chi connectivity index (χ1) is 17.0. The second-order valence-electron chi connectivity index (χ2n) is 7.74. The third-order valence-corrected chi connectivity index (χ3v) is 5.72. The summed E-state index contributed by atoms with van der Waals surface area (Å²) in [6, 6.07) is 17.0. The van der Waals surface area contributed by atoms with Crippen molar-refractivity contribution in [2.45, 2.75) is 37.6 Å². The van der Waals surface area contributed by atoms with Gasteiger partial charge in [-0.25, -0.2) is 14.6 Å². The lowest BCUT2D eigenvalue weighted by molar-refractivity contribution is -0.281. The van der Waals surface area contributed by atoms with E-state index in [2.05, 4.69) is 4.98 Å². The molecule has 182 valence electrons. The molecule has 0 bridgehead atoms. The van der Waals surface area contributed by atoms with Crippen molar-refractivity contribution in [3.63, 3.8) is 0 Å². The predicted molar refractivity (Wildman–Crippen MR) is 128 cm³/mol. The van der Waals surface area contributed by atoms with Crippen LogP contribution in [-0.2, 0) is 23.7 Å². The van der Waals surface area contributed by atoms with Gasteiger partial charge in [0.2, 0.25) is 0 Å². The third-order valence-electron chi connectivity index (χ3n) is 5.42. The number of hydrogen-bond acceptors (Lipinski definition) is 9. The van der Waals surface area contributed by atoms with Gasteiger partial charge in [-0.3, -0.25) is 4.57 Å². The summed E-state index contributed by atoms with van der Waals surface area (Å²) in [4.78, 5) is 29.8. The number of hydrogen-bond donors (Lipinski definition) is 0. The Morgan fingerprint density at radius 2 is 1.46 bits per heavy atom. The second kappa shape index (κ2) is 11.2. The molecular formula is C25H24N2O7S. The second-order valence-corrected chi connectivity index (χ2v) is 8.08. The Balaban J connectivity index is 1.65. The first kappa shape index (κ1) is 24.5. The van der Waals surface area contributed by atoms with Crippen LogP contribution in [0.15, 0.2) is 79.4 Å². The number of aromatic nitrogens is 2. The molecule has 4 rings (SSSR count). The number of methoxy groups -OCH3 is 1. The van der Waals surface area contributed by atoms with Gasteiger partial charge in [-0.15, -0.1) is 0 Å². The van der Waals surface area contributed by atoms with Crippen molar-refractivity contribution in [2.24, 2.45) is 0 Å². The summed E-state index contributed by atoms with van der Waals surface area (Å²) < 4.78 is 30.5. The number of nitrogens with zero attached hydrogens (tertiary/aromatic N) is 2. The highest BCUT2D eigenvalue weighted by Gasteiger charge is 2.51. The number of ether oxygens (including phenoxy) is 5. The van der Waals surface area contributed by atoms with Gasteiger partial charge in [0.1, 0.15) is 6.33 Å². The quantitative estimate of drug-likeness (QED) is 0.376. The van der Waals surface area contributed by atoms with E-state index >= 15 is 0 Å². The van der Waals surface area contributed by atoms with Gasteiger partial charge >= 0.3 is 11.9 Å². The minimum atomic E-state index is -1.11. The van der Waals surface area contributed by atoms with Crippen molar-refractivity contribution in [2.75, 3.05) is 7.11 Å². The van der Waals surface area contributed by atoms with E-state index in [0.29, 0.717) is 11.1 Å². The van der Waals surface area contributed by atoms with Gasteiger partial charge in [-0.1, -0.05) is 36.4 Å². The van der Waals surface area contributed by atoms with Crippen LogP contribution in [0.3, 0.4) is 0 Å². The Morgan fingerprint density at radius 3 is 1.97 bits per heavy atom. The fraction of sp³-hybridized carbons (Fsp3) is 0.280. The molecule has 35 heavy (non-hydrogen) atoms. The van der Waals surface area contributed by atoms with Crippen molar-refractivity contribution in [1.29, 1.82) is 0 Å². The standard InChI is InChI=1S/C25H24N2O7S/c1-16-19(32-22(28)17-9-5-3-6-10-17)20(34-25(35)27-14-13-26-15-27)21(24(30-2)31-16)33-23(29)18-11-7-4-8-12-18/h3-16,19-21,24H,1-2H3/t16-,19+,20+,21-,24+/m0/s1. The first-order valence-corrected chi connectivity index (χ1v) is 11.3. The third kappa shape index (κ3) is 5.73. The molecule has 1 aliphatic rings. The first-order valence-electron chi connectivity index (χ1n) is 10.9. The number of rotatable bonds is 6. The van der Waals surface area contributed by atoms with Crippen LogP contribution < -0.4 is 0 Å². The zero-order valence-corrected chi connectivity index (χ0v) is 19.9. The molecule has 0 saturated carbocycles. The number of carbonyl (C=O) groups excluding carboxylic acids is 2. The summed E-state index contributed by atoms with van der Waals surface area (Å²) in [6.07, 6.45) is -0.194. The van der Waals surface area contributed by atoms with Crippen molar-refractivity contribution < 1.29 is 33.3 Å². The molecule has 0 radical (unpaired) electrons. The lowest BCUT2D eigenvalue weighted by Gasteiger charge is -2.43. The molecule has 2 aromatic carbocycles. The number of benzene rings is 2. The fourth-order valence-electron chi connectivity index (χ4n) is 3.66. The maximum absolute atomic E-state index is 12.9. The Labute approximate surface area is 207 Å². The van der Waals surface area contributed by atoms with E-state index in [1.54, 1.807) is 80.0 Å². The maximum atomic E-state index is 12.9. The van der Waals surface area contributed by atoms with Crippen LogP contribution in [0.25, 0.3) is 0 Å². The van der Waals surface area contributed by atoms with Gasteiger partial charge in [0, 0.05) is 19.5 Å². The average molecular weight is 497 g/mol. The molecule has 0 unspecified atom stereocenters. The van der Waals surface area contributed by atoms with Crippen molar-refractivity contribution in [3.8, 4) is 0 Å². The lowest BCUT2D eigenvalue weighted by atomic mass is 9.98. The van der Waals surface area contributed by atoms with Crippen molar-refractivity contribution in [1.82, 2.24) is 9.55 Å². The maximum Gasteiger partial charge on any atom is 0.338 e. The number of imidazole rings is 1. The van der Waals surface area contributed by atoms with Crippen molar-refractivity contribution >= 4 is 29.3 Å². The largest absolute Gasteiger partial charge is 0.459 e. The minimum absolute atomic E-state index is 0.0259. The molecular weight excluding hydrogens is 472 g/mol. The van der Waals surface area contributed by atoms with Crippen LogP contribution in [0.2, 0.25) is 0 Å². The number of thiocarbonyl (C=S) groups is 1. The minimum Gasteiger partial charge on any atom is -0.459 e. The molecule has 1 aliphatic heterocycles. The number of carbonyl (C=O) groups is 2. The fourth-order valence-corrected chi connectivity index (χ4v) is 3.88. The molecule has 1 aromatic heterocycles. The van der Waals surface area contributed by atoms with Crippen LogP contribution >= 0.6 is 12.2 Å². The highest BCUT2D eigenvalue weighted by molar-refractivity contribution is 7.80. The molecule has 0 amide bonds. The molecule has 1 fully saturated rings. The Hall–Kier alpha value is -3.60. The Bertz CT molecular complexity index is 1140. The Morgan fingerprint density at radius 1 is 0.886 bits per heavy atom. The summed E-state index contributed by atoms with van der Waals surface area (Å²) in [6.45, 7) is 1.71. The van der Waals surface area contributed by atoms with Gasteiger partial charge < -0.3 is 23.7 Å². The van der Waals surface area contributed by atoms with E-state index in [4.69, 9.17) is 35.9 Å². The molecule has 1 saturated heterocycles. The monoisotopic (exact) mass is 496 g/mol. The van der Waals surface area contributed by atoms with Crippen LogP contribution in [0.1, 0.15) is 27.6 Å².